The van der Waals surface area contributed by atoms with Crippen molar-refractivity contribution in [2.24, 2.45) is 0 Å². The Kier molecular flexibility index (Phi) is 5.58. The van der Waals surface area contributed by atoms with Gasteiger partial charge in [-0.2, -0.15) is 0 Å². The number of amides is 1. The Labute approximate surface area is 182 Å². The molecule has 3 aromatic carbocycles. The fraction of sp³-hybridized carbons (Fsp3) is 0.0455. The number of anilines is 1. The summed E-state index contributed by atoms with van der Waals surface area (Å²) >= 11 is 12.9. The fourth-order valence-corrected chi connectivity index (χ4v) is 4.39. The molecule has 0 saturated heterocycles. The molecule has 0 saturated carbocycles. The molecule has 0 fully saturated rings. The molecule has 0 spiro atoms. The monoisotopic (exact) mass is 437 g/mol. The SMILES string of the molecule is Cc1c(NC(=S)NC(=O)c2cccc(Cl)c2)cccc1-c1nc2ccccc2s1. The van der Waals surface area contributed by atoms with E-state index in [4.69, 9.17) is 28.8 Å². The van der Waals surface area contributed by atoms with Gasteiger partial charge in [0.1, 0.15) is 5.01 Å². The molecule has 0 aliphatic heterocycles. The number of nitrogens with zero attached hydrogens (tertiary/aromatic N) is 1. The van der Waals surface area contributed by atoms with Crippen LogP contribution in [0.25, 0.3) is 20.8 Å². The molecule has 1 amide bonds. The third kappa shape index (κ3) is 4.29. The standard InChI is InChI=1S/C22H16ClN3OS2/c1-13-16(21-24-18-9-2-3-11-19(18)29-21)8-5-10-17(13)25-22(28)26-20(27)14-6-4-7-15(23)12-14/h2-12H,1H3,(H2,25,26,27,28). The first kappa shape index (κ1) is 19.5. The zero-order valence-corrected chi connectivity index (χ0v) is 17.8. The number of hydrogen-bond donors (Lipinski definition) is 2. The number of thiocarbonyl (C=S) groups is 1. The van der Waals surface area contributed by atoms with Crippen LogP contribution in [0.3, 0.4) is 0 Å². The molecule has 4 nitrogen and oxygen atoms in total. The fourth-order valence-electron chi connectivity index (χ4n) is 2.95. The topological polar surface area (TPSA) is 54.0 Å². The van der Waals surface area contributed by atoms with Crippen molar-refractivity contribution in [2.45, 2.75) is 6.92 Å². The zero-order chi connectivity index (χ0) is 20.4. The minimum atomic E-state index is -0.315. The van der Waals surface area contributed by atoms with Crippen molar-refractivity contribution in [1.82, 2.24) is 10.3 Å². The Morgan fingerprint density at radius 1 is 1.07 bits per heavy atom. The number of thiazole rings is 1. The van der Waals surface area contributed by atoms with Gasteiger partial charge in [0, 0.05) is 21.8 Å². The first-order chi connectivity index (χ1) is 14.0. The van der Waals surface area contributed by atoms with Crippen molar-refractivity contribution in [2.75, 3.05) is 5.32 Å². The van der Waals surface area contributed by atoms with Crippen molar-refractivity contribution >= 4 is 62.1 Å². The van der Waals surface area contributed by atoms with Gasteiger partial charge in [-0.25, -0.2) is 4.98 Å². The van der Waals surface area contributed by atoms with Crippen LogP contribution in [0.5, 0.6) is 0 Å². The number of carbonyl (C=O) groups is 1. The van der Waals surface area contributed by atoms with E-state index in [1.54, 1.807) is 35.6 Å². The maximum atomic E-state index is 12.4. The zero-order valence-electron chi connectivity index (χ0n) is 15.4. The number of halogens is 1. The lowest BCUT2D eigenvalue weighted by molar-refractivity contribution is 0.0977. The smallest absolute Gasteiger partial charge is 0.257 e. The van der Waals surface area contributed by atoms with Gasteiger partial charge in [-0.05, 0) is 61.1 Å². The summed E-state index contributed by atoms with van der Waals surface area (Å²) in [7, 11) is 0. The molecule has 0 radical (unpaired) electrons. The minimum absolute atomic E-state index is 0.222. The van der Waals surface area contributed by atoms with Crippen LogP contribution in [0.4, 0.5) is 5.69 Å². The van der Waals surface area contributed by atoms with Crippen LogP contribution in [-0.4, -0.2) is 16.0 Å². The minimum Gasteiger partial charge on any atom is -0.332 e. The molecule has 0 atom stereocenters. The number of aromatic nitrogens is 1. The Hall–Kier alpha value is -2.80. The molecule has 4 aromatic rings. The predicted octanol–water partition coefficient (Wildman–Crippen LogP) is 6.05. The molecule has 4 rings (SSSR count). The van der Waals surface area contributed by atoms with E-state index in [0.29, 0.717) is 10.6 Å². The highest BCUT2D eigenvalue weighted by Gasteiger charge is 2.13. The summed E-state index contributed by atoms with van der Waals surface area (Å²) < 4.78 is 1.14. The van der Waals surface area contributed by atoms with Gasteiger partial charge in [0.15, 0.2) is 5.11 Å². The summed E-state index contributed by atoms with van der Waals surface area (Å²) in [5.41, 5.74) is 4.28. The van der Waals surface area contributed by atoms with Crippen LogP contribution in [0.15, 0.2) is 66.7 Å². The molecule has 2 N–H and O–H groups in total. The highest BCUT2D eigenvalue weighted by molar-refractivity contribution is 7.80. The number of fused-ring (bicyclic) bond motifs is 1. The van der Waals surface area contributed by atoms with Crippen LogP contribution in [-0.2, 0) is 0 Å². The molecule has 0 aliphatic carbocycles. The summed E-state index contributed by atoms with van der Waals surface area (Å²) in [6.45, 7) is 2.01. The largest absolute Gasteiger partial charge is 0.332 e. The lowest BCUT2D eigenvalue weighted by Crippen LogP contribution is -2.34. The van der Waals surface area contributed by atoms with Crippen LogP contribution in [0, 0.1) is 6.92 Å². The first-order valence-corrected chi connectivity index (χ1v) is 10.4. The lowest BCUT2D eigenvalue weighted by Gasteiger charge is -2.14. The average molecular weight is 438 g/mol. The second-order valence-corrected chi connectivity index (χ2v) is 8.26. The van der Waals surface area contributed by atoms with E-state index in [2.05, 4.69) is 16.7 Å². The van der Waals surface area contributed by atoms with E-state index in [0.717, 1.165) is 32.0 Å². The van der Waals surface area contributed by atoms with Gasteiger partial charge in [-0.3, -0.25) is 10.1 Å². The van der Waals surface area contributed by atoms with Gasteiger partial charge in [0.25, 0.3) is 5.91 Å². The number of carbonyl (C=O) groups excluding carboxylic acids is 1. The second kappa shape index (κ2) is 8.29. The quantitative estimate of drug-likeness (QED) is 0.383. The number of para-hydroxylation sites is 1. The summed E-state index contributed by atoms with van der Waals surface area (Å²) in [6, 6.07) is 20.7. The van der Waals surface area contributed by atoms with Gasteiger partial charge in [0.05, 0.1) is 10.2 Å². The molecular weight excluding hydrogens is 422 g/mol. The van der Waals surface area contributed by atoms with E-state index >= 15 is 0 Å². The molecule has 29 heavy (non-hydrogen) atoms. The molecule has 0 unspecified atom stereocenters. The van der Waals surface area contributed by atoms with Crippen molar-refractivity contribution < 1.29 is 4.79 Å². The van der Waals surface area contributed by atoms with E-state index < -0.39 is 0 Å². The summed E-state index contributed by atoms with van der Waals surface area (Å²) in [5, 5.41) is 7.47. The Morgan fingerprint density at radius 2 is 1.86 bits per heavy atom. The van der Waals surface area contributed by atoms with Crippen molar-refractivity contribution in [3.8, 4) is 10.6 Å². The van der Waals surface area contributed by atoms with E-state index in [-0.39, 0.29) is 11.0 Å². The Morgan fingerprint density at radius 3 is 2.66 bits per heavy atom. The van der Waals surface area contributed by atoms with Gasteiger partial charge in [0.2, 0.25) is 0 Å². The highest BCUT2D eigenvalue weighted by Crippen LogP contribution is 2.34. The first-order valence-electron chi connectivity index (χ1n) is 8.85. The maximum absolute atomic E-state index is 12.4. The highest BCUT2D eigenvalue weighted by atomic mass is 35.5. The van der Waals surface area contributed by atoms with E-state index in [1.165, 1.54) is 0 Å². The van der Waals surface area contributed by atoms with Crippen LogP contribution in [0.2, 0.25) is 5.02 Å². The lowest BCUT2D eigenvalue weighted by atomic mass is 10.1. The number of hydrogen-bond acceptors (Lipinski definition) is 4. The average Bonchev–Trinajstić information content (AvgIpc) is 3.13. The molecule has 144 valence electrons. The predicted molar refractivity (Wildman–Crippen MR) is 125 cm³/mol. The summed E-state index contributed by atoms with van der Waals surface area (Å²) in [6.07, 6.45) is 0. The molecule has 7 heteroatoms. The molecule has 0 aliphatic rings. The number of nitrogens with one attached hydrogen (secondary N) is 2. The molecule has 1 heterocycles. The van der Waals surface area contributed by atoms with Crippen molar-refractivity contribution in [3.05, 3.63) is 82.9 Å². The molecule has 0 bridgehead atoms. The Balaban J connectivity index is 1.54. The Bertz CT molecular complexity index is 1200. The van der Waals surface area contributed by atoms with Gasteiger partial charge < -0.3 is 5.32 Å². The maximum Gasteiger partial charge on any atom is 0.257 e. The number of rotatable bonds is 3. The third-order valence-corrected chi connectivity index (χ3v) is 5.93. The van der Waals surface area contributed by atoms with Crippen molar-refractivity contribution in [1.29, 1.82) is 0 Å². The number of benzene rings is 3. The van der Waals surface area contributed by atoms with Crippen LogP contribution in [0.1, 0.15) is 15.9 Å². The van der Waals surface area contributed by atoms with E-state index in [9.17, 15) is 4.79 Å². The summed E-state index contributed by atoms with van der Waals surface area (Å²) in [5.74, 6) is -0.315. The van der Waals surface area contributed by atoms with Crippen LogP contribution >= 0.6 is 35.2 Å². The van der Waals surface area contributed by atoms with Crippen LogP contribution < -0.4 is 10.6 Å². The van der Waals surface area contributed by atoms with Gasteiger partial charge in [-0.15, -0.1) is 11.3 Å². The normalized spacial score (nSPS) is 10.7. The molecular formula is C22H16ClN3OS2. The van der Waals surface area contributed by atoms with Gasteiger partial charge in [-0.1, -0.05) is 41.9 Å². The van der Waals surface area contributed by atoms with Gasteiger partial charge >= 0.3 is 0 Å². The summed E-state index contributed by atoms with van der Waals surface area (Å²) in [4.78, 5) is 17.1. The third-order valence-electron chi connectivity index (χ3n) is 4.42. The second-order valence-electron chi connectivity index (χ2n) is 6.38. The van der Waals surface area contributed by atoms with E-state index in [1.807, 2.05) is 43.3 Å². The molecule has 1 aromatic heterocycles. The van der Waals surface area contributed by atoms with Crippen molar-refractivity contribution in [3.63, 3.8) is 0 Å².